The van der Waals surface area contributed by atoms with Crippen LogP contribution in [0, 0.1) is 0 Å². The molecule has 22 heavy (non-hydrogen) atoms. The summed E-state index contributed by atoms with van der Waals surface area (Å²) in [6.45, 7) is 5.28. The van der Waals surface area contributed by atoms with Crippen molar-refractivity contribution in [3.8, 4) is 0 Å². The highest BCUT2D eigenvalue weighted by atomic mass is 16.3. The third-order valence-corrected chi connectivity index (χ3v) is 3.28. The Labute approximate surface area is 130 Å². The molecule has 0 aliphatic carbocycles. The molecule has 3 amide bonds. The summed E-state index contributed by atoms with van der Waals surface area (Å²) in [5.41, 5.74) is 0. The van der Waals surface area contributed by atoms with Crippen molar-refractivity contribution in [3.05, 3.63) is 24.2 Å². The van der Waals surface area contributed by atoms with Gasteiger partial charge in [-0.1, -0.05) is 0 Å². The largest absolute Gasteiger partial charge is 0.459 e. The lowest BCUT2D eigenvalue weighted by Crippen LogP contribution is -2.41. The molecule has 0 atom stereocenters. The van der Waals surface area contributed by atoms with E-state index in [1.54, 1.807) is 24.1 Å². The number of hydrogen-bond donors (Lipinski definition) is 1. The van der Waals surface area contributed by atoms with Gasteiger partial charge in [0.1, 0.15) is 0 Å². The molecule has 1 N–H and O–H groups in total. The van der Waals surface area contributed by atoms with E-state index < -0.39 is 0 Å². The smallest absolute Gasteiger partial charge is 0.286 e. The summed E-state index contributed by atoms with van der Waals surface area (Å²) in [5, 5.41) is 2.59. The van der Waals surface area contributed by atoms with Gasteiger partial charge in [0, 0.05) is 33.1 Å². The van der Waals surface area contributed by atoms with Gasteiger partial charge in [-0.25, -0.2) is 0 Å². The molecule has 0 aliphatic rings. The third kappa shape index (κ3) is 5.23. The second-order valence-electron chi connectivity index (χ2n) is 4.80. The standard InChI is InChI=1S/C15H23N3O4/c1-4-18(5-2)14(20)11-17(3)13(19)8-9-16-15(21)12-7-6-10-22-12/h6-7,10H,4-5,8-9,11H2,1-3H3,(H,16,21). The monoisotopic (exact) mass is 309 g/mol. The fraction of sp³-hybridized carbons (Fsp3) is 0.533. The summed E-state index contributed by atoms with van der Waals surface area (Å²) in [4.78, 5) is 38.5. The molecule has 0 bridgehead atoms. The molecule has 1 heterocycles. The van der Waals surface area contributed by atoms with Crippen LogP contribution < -0.4 is 5.32 Å². The first-order chi connectivity index (χ1) is 10.5. The second kappa shape index (κ2) is 8.86. The summed E-state index contributed by atoms with van der Waals surface area (Å²) >= 11 is 0. The number of carbonyl (C=O) groups excluding carboxylic acids is 3. The molecule has 0 saturated heterocycles. The zero-order valence-electron chi connectivity index (χ0n) is 13.3. The fourth-order valence-electron chi connectivity index (χ4n) is 1.94. The van der Waals surface area contributed by atoms with Gasteiger partial charge in [0.2, 0.25) is 11.8 Å². The van der Waals surface area contributed by atoms with Crippen LogP contribution in [-0.4, -0.2) is 60.7 Å². The molecule has 0 fully saturated rings. The van der Waals surface area contributed by atoms with Crippen molar-refractivity contribution in [2.45, 2.75) is 20.3 Å². The minimum atomic E-state index is -0.361. The van der Waals surface area contributed by atoms with Crippen LogP contribution in [0.3, 0.4) is 0 Å². The lowest BCUT2D eigenvalue weighted by atomic mass is 10.3. The number of nitrogens with one attached hydrogen (secondary N) is 1. The van der Waals surface area contributed by atoms with Crippen molar-refractivity contribution < 1.29 is 18.8 Å². The van der Waals surface area contributed by atoms with Crippen molar-refractivity contribution in [1.29, 1.82) is 0 Å². The summed E-state index contributed by atoms with van der Waals surface area (Å²) in [5.74, 6) is -0.432. The number of amides is 3. The molecule has 7 nitrogen and oxygen atoms in total. The Morgan fingerprint density at radius 1 is 1.18 bits per heavy atom. The van der Waals surface area contributed by atoms with Gasteiger partial charge >= 0.3 is 0 Å². The highest BCUT2D eigenvalue weighted by Gasteiger charge is 2.16. The van der Waals surface area contributed by atoms with E-state index in [4.69, 9.17) is 4.42 Å². The van der Waals surface area contributed by atoms with Gasteiger partial charge in [-0.3, -0.25) is 14.4 Å². The summed E-state index contributed by atoms with van der Waals surface area (Å²) < 4.78 is 4.95. The minimum absolute atomic E-state index is 0.0483. The minimum Gasteiger partial charge on any atom is -0.459 e. The number of rotatable bonds is 8. The van der Waals surface area contributed by atoms with Crippen LogP contribution in [0.2, 0.25) is 0 Å². The predicted octanol–water partition coefficient (Wildman–Crippen LogP) is 0.726. The molecule has 1 rings (SSSR count). The maximum Gasteiger partial charge on any atom is 0.286 e. The van der Waals surface area contributed by atoms with Gasteiger partial charge in [-0.2, -0.15) is 0 Å². The number of hydrogen-bond acceptors (Lipinski definition) is 4. The Balaban J connectivity index is 2.32. The van der Waals surface area contributed by atoms with E-state index in [2.05, 4.69) is 5.32 Å². The third-order valence-electron chi connectivity index (χ3n) is 3.28. The van der Waals surface area contributed by atoms with Crippen LogP contribution in [0.4, 0.5) is 0 Å². The van der Waals surface area contributed by atoms with Crippen LogP contribution >= 0.6 is 0 Å². The molecule has 122 valence electrons. The van der Waals surface area contributed by atoms with Gasteiger partial charge in [-0.05, 0) is 26.0 Å². The average Bonchev–Trinajstić information content (AvgIpc) is 3.02. The Morgan fingerprint density at radius 3 is 2.41 bits per heavy atom. The van der Waals surface area contributed by atoms with Crippen molar-refractivity contribution in [2.24, 2.45) is 0 Å². The Morgan fingerprint density at radius 2 is 1.86 bits per heavy atom. The first-order valence-corrected chi connectivity index (χ1v) is 7.33. The van der Waals surface area contributed by atoms with Crippen molar-refractivity contribution >= 4 is 17.7 Å². The van der Waals surface area contributed by atoms with Crippen LogP contribution in [0.1, 0.15) is 30.8 Å². The van der Waals surface area contributed by atoms with Gasteiger partial charge in [0.15, 0.2) is 5.76 Å². The predicted molar refractivity (Wildman–Crippen MR) is 81.2 cm³/mol. The van der Waals surface area contributed by atoms with E-state index in [-0.39, 0.29) is 43.0 Å². The van der Waals surface area contributed by atoms with E-state index in [1.165, 1.54) is 11.2 Å². The van der Waals surface area contributed by atoms with Gasteiger partial charge in [0.05, 0.1) is 12.8 Å². The van der Waals surface area contributed by atoms with Gasteiger partial charge in [0.25, 0.3) is 5.91 Å². The SMILES string of the molecule is CCN(CC)C(=O)CN(C)C(=O)CCNC(=O)c1ccco1. The van der Waals surface area contributed by atoms with Crippen molar-refractivity contribution in [3.63, 3.8) is 0 Å². The highest BCUT2D eigenvalue weighted by Crippen LogP contribution is 1.99. The first kappa shape index (κ1) is 17.7. The van der Waals surface area contributed by atoms with E-state index in [1.807, 2.05) is 13.8 Å². The topological polar surface area (TPSA) is 82.9 Å². The molecular weight excluding hydrogens is 286 g/mol. The molecule has 0 unspecified atom stereocenters. The fourth-order valence-corrected chi connectivity index (χ4v) is 1.94. The first-order valence-electron chi connectivity index (χ1n) is 7.33. The zero-order valence-corrected chi connectivity index (χ0v) is 13.3. The second-order valence-corrected chi connectivity index (χ2v) is 4.80. The maximum absolute atomic E-state index is 11.9. The summed E-state index contributed by atoms with van der Waals surface area (Å²) in [6, 6.07) is 3.17. The number of carbonyl (C=O) groups is 3. The van der Waals surface area contributed by atoms with Crippen molar-refractivity contribution in [2.75, 3.05) is 33.2 Å². The molecule has 1 aromatic heterocycles. The maximum atomic E-state index is 11.9. The van der Waals surface area contributed by atoms with E-state index in [0.717, 1.165) is 0 Å². The quantitative estimate of drug-likeness (QED) is 0.767. The van der Waals surface area contributed by atoms with Gasteiger partial charge < -0.3 is 19.5 Å². The normalized spacial score (nSPS) is 10.1. The van der Waals surface area contributed by atoms with E-state index in [9.17, 15) is 14.4 Å². The summed E-state index contributed by atoms with van der Waals surface area (Å²) in [6.07, 6.45) is 1.54. The molecule has 7 heteroatoms. The summed E-state index contributed by atoms with van der Waals surface area (Å²) in [7, 11) is 1.58. The Hall–Kier alpha value is -2.31. The van der Waals surface area contributed by atoms with Crippen LogP contribution in [-0.2, 0) is 9.59 Å². The molecule has 0 radical (unpaired) electrons. The zero-order chi connectivity index (χ0) is 16.5. The van der Waals surface area contributed by atoms with E-state index >= 15 is 0 Å². The molecule has 0 spiro atoms. The molecule has 0 aromatic carbocycles. The van der Waals surface area contributed by atoms with Crippen molar-refractivity contribution in [1.82, 2.24) is 15.1 Å². The Bertz CT molecular complexity index is 495. The molecule has 0 aliphatic heterocycles. The van der Waals surface area contributed by atoms with Crippen LogP contribution in [0.25, 0.3) is 0 Å². The Kier molecular flexibility index (Phi) is 7.15. The van der Waals surface area contributed by atoms with Crippen LogP contribution in [0.5, 0.6) is 0 Å². The average molecular weight is 309 g/mol. The van der Waals surface area contributed by atoms with Crippen LogP contribution in [0.15, 0.2) is 22.8 Å². The molecular formula is C15H23N3O4. The number of furan rings is 1. The molecule has 0 saturated carbocycles. The number of nitrogens with zero attached hydrogens (tertiary/aromatic N) is 2. The highest BCUT2D eigenvalue weighted by molar-refractivity contribution is 5.91. The van der Waals surface area contributed by atoms with E-state index in [0.29, 0.717) is 13.1 Å². The van der Waals surface area contributed by atoms with Gasteiger partial charge in [-0.15, -0.1) is 0 Å². The lowest BCUT2D eigenvalue weighted by molar-refractivity contribution is -0.139. The molecule has 1 aromatic rings. The number of likely N-dealkylation sites (N-methyl/N-ethyl adjacent to an activating group) is 2. The lowest BCUT2D eigenvalue weighted by Gasteiger charge is -2.23.